The van der Waals surface area contributed by atoms with Crippen molar-refractivity contribution in [3.05, 3.63) is 61.0 Å². The summed E-state index contributed by atoms with van der Waals surface area (Å²) in [5.74, 6) is -0.352. The molecule has 10 heteroatoms. The van der Waals surface area contributed by atoms with Crippen molar-refractivity contribution in [1.29, 1.82) is 0 Å². The van der Waals surface area contributed by atoms with Crippen LogP contribution in [0.2, 0.25) is 10.3 Å². The third-order valence-electron chi connectivity index (χ3n) is 4.35. The van der Waals surface area contributed by atoms with E-state index in [4.69, 9.17) is 23.2 Å². The SMILES string of the molecule is C[C@@H](NC(=O)Cn1c(Cl)nc2c1c(=O)n(C)c(=O)n2C)c1ccc(Cl)cc1. The van der Waals surface area contributed by atoms with Crippen LogP contribution in [0.4, 0.5) is 0 Å². The molecular weight excluding hydrogens is 393 g/mol. The van der Waals surface area contributed by atoms with Gasteiger partial charge in [0.25, 0.3) is 5.56 Å². The molecule has 0 aliphatic rings. The number of nitrogens with one attached hydrogen (secondary N) is 1. The van der Waals surface area contributed by atoms with Gasteiger partial charge in [0.05, 0.1) is 6.04 Å². The number of halogens is 2. The van der Waals surface area contributed by atoms with E-state index in [1.54, 1.807) is 12.1 Å². The molecule has 0 aliphatic heterocycles. The average molecular weight is 410 g/mol. The Kier molecular flexibility index (Phi) is 5.12. The second-order valence-corrected chi connectivity index (χ2v) is 6.96. The van der Waals surface area contributed by atoms with Crippen LogP contribution in [-0.4, -0.2) is 24.6 Å². The van der Waals surface area contributed by atoms with Gasteiger partial charge in [-0.1, -0.05) is 23.7 Å². The highest BCUT2D eigenvalue weighted by Crippen LogP contribution is 2.18. The quantitative estimate of drug-likeness (QED) is 0.662. The number of amides is 1. The number of aromatic nitrogens is 4. The Labute approximate surface area is 163 Å². The summed E-state index contributed by atoms with van der Waals surface area (Å²) in [6.45, 7) is 1.62. The fourth-order valence-corrected chi connectivity index (χ4v) is 3.18. The number of fused-ring (bicyclic) bond motifs is 1. The molecule has 2 aromatic heterocycles. The molecular formula is C17H17Cl2N5O3. The van der Waals surface area contributed by atoms with Gasteiger partial charge in [-0.05, 0) is 36.2 Å². The molecule has 0 unspecified atom stereocenters. The van der Waals surface area contributed by atoms with Crippen molar-refractivity contribution in [2.24, 2.45) is 14.1 Å². The molecule has 0 fully saturated rings. The topological polar surface area (TPSA) is 90.9 Å². The van der Waals surface area contributed by atoms with Gasteiger partial charge in [0.2, 0.25) is 11.2 Å². The lowest BCUT2D eigenvalue weighted by molar-refractivity contribution is -0.122. The van der Waals surface area contributed by atoms with Crippen LogP contribution < -0.4 is 16.6 Å². The van der Waals surface area contributed by atoms with Crippen molar-refractivity contribution in [3.63, 3.8) is 0 Å². The van der Waals surface area contributed by atoms with Crippen LogP contribution >= 0.6 is 23.2 Å². The maximum Gasteiger partial charge on any atom is 0.332 e. The Hall–Kier alpha value is -2.58. The van der Waals surface area contributed by atoms with E-state index in [-0.39, 0.29) is 34.9 Å². The van der Waals surface area contributed by atoms with E-state index in [1.807, 2.05) is 19.1 Å². The average Bonchev–Trinajstić information content (AvgIpc) is 2.95. The summed E-state index contributed by atoms with van der Waals surface area (Å²) in [5.41, 5.74) is 0.0267. The first-order chi connectivity index (χ1) is 12.7. The fourth-order valence-electron chi connectivity index (χ4n) is 2.83. The Balaban J connectivity index is 1.91. The van der Waals surface area contributed by atoms with Gasteiger partial charge in [-0.25, -0.2) is 4.79 Å². The number of carbonyl (C=O) groups excluding carboxylic acids is 1. The molecule has 1 amide bonds. The molecule has 3 aromatic rings. The van der Waals surface area contributed by atoms with Gasteiger partial charge in [-0.3, -0.25) is 23.3 Å². The number of hydrogen-bond acceptors (Lipinski definition) is 4. The van der Waals surface area contributed by atoms with Crippen LogP contribution in [0.5, 0.6) is 0 Å². The molecule has 0 aliphatic carbocycles. The Bertz CT molecular complexity index is 1140. The molecule has 0 bridgehead atoms. The third-order valence-corrected chi connectivity index (χ3v) is 4.89. The fraction of sp³-hybridized carbons (Fsp3) is 0.294. The van der Waals surface area contributed by atoms with Gasteiger partial charge in [0.15, 0.2) is 11.2 Å². The zero-order valence-corrected chi connectivity index (χ0v) is 16.4. The number of aryl methyl sites for hydroxylation is 1. The minimum absolute atomic E-state index is 0.0439. The van der Waals surface area contributed by atoms with Crippen molar-refractivity contribution >= 4 is 40.3 Å². The predicted molar refractivity (Wildman–Crippen MR) is 103 cm³/mol. The number of imidazole rings is 1. The van der Waals surface area contributed by atoms with E-state index in [0.717, 1.165) is 10.1 Å². The van der Waals surface area contributed by atoms with Crippen molar-refractivity contribution in [1.82, 2.24) is 24.0 Å². The number of hydrogen-bond donors (Lipinski definition) is 1. The Morgan fingerprint density at radius 1 is 1.15 bits per heavy atom. The molecule has 1 atom stereocenters. The minimum atomic E-state index is -0.564. The van der Waals surface area contributed by atoms with E-state index >= 15 is 0 Å². The van der Waals surface area contributed by atoms with Gasteiger partial charge < -0.3 is 5.32 Å². The first-order valence-electron chi connectivity index (χ1n) is 8.07. The molecule has 8 nitrogen and oxygen atoms in total. The molecule has 2 heterocycles. The molecule has 1 N–H and O–H groups in total. The summed E-state index contributed by atoms with van der Waals surface area (Å²) in [7, 11) is 2.85. The van der Waals surface area contributed by atoms with Crippen molar-refractivity contribution in [2.45, 2.75) is 19.5 Å². The van der Waals surface area contributed by atoms with Gasteiger partial charge >= 0.3 is 5.69 Å². The van der Waals surface area contributed by atoms with E-state index in [0.29, 0.717) is 5.02 Å². The molecule has 1 aromatic carbocycles. The van der Waals surface area contributed by atoms with Crippen LogP contribution in [0, 0.1) is 0 Å². The summed E-state index contributed by atoms with van der Waals surface area (Å²) >= 11 is 12.0. The maximum atomic E-state index is 12.5. The molecule has 0 spiro atoms. The summed E-state index contributed by atoms with van der Waals surface area (Å²) in [4.78, 5) is 41.0. The number of rotatable bonds is 4. The monoisotopic (exact) mass is 409 g/mol. The number of nitrogens with zero attached hydrogens (tertiary/aromatic N) is 4. The summed E-state index contributed by atoms with van der Waals surface area (Å²) in [6, 6.07) is 6.85. The highest BCUT2D eigenvalue weighted by Gasteiger charge is 2.20. The van der Waals surface area contributed by atoms with E-state index in [1.165, 1.54) is 23.2 Å². The largest absolute Gasteiger partial charge is 0.348 e. The van der Waals surface area contributed by atoms with Crippen LogP contribution in [0.3, 0.4) is 0 Å². The van der Waals surface area contributed by atoms with Gasteiger partial charge in [-0.15, -0.1) is 0 Å². The van der Waals surface area contributed by atoms with E-state index < -0.39 is 11.2 Å². The minimum Gasteiger partial charge on any atom is -0.348 e. The second-order valence-electron chi connectivity index (χ2n) is 6.19. The highest BCUT2D eigenvalue weighted by atomic mass is 35.5. The lowest BCUT2D eigenvalue weighted by Gasteiger charge is -2.15. The normalized spacial score (nSPS) is 12.3. The second kappa shape index (κ2) is 7.21. The summed E-state index contributed by atoms with van der Waals surface area (Å²) in [5, 5.41) is 3.40. The van der Waals surface area contributed by atoms with Crippen molar-refractivity contribution in [2.75, 3.05) is 0 Å². The summed E-state index contributed by atoms with van der Waals surface area (Å²) < 4.78 is 3.46. The Morgan fingerprint density at radius 3 is 2.41 bits per heavy atom. The first kappa shape index (κ1) is 19.2. The zero-order chi connectivity index (χ0) is 19.9. The van der Waals surface area contributed by atoms with Crippen LogP contribution in [-0.2, 0) is 25.4 Å². The Morgan fingerprint density at radius 2 is 1.78 bits per heavy atom. The molecule has 3 rings (SSSR count). The lowest BCUT2D eigenvalue weighted by Crippen LogP contribution is -2.38. The van der Waals surface area contributed by atoms with E-state index in [2.05, 4.69) is 10.3 Å². The molecule has 142 valence electrons. The number of benzene rings is 1. The van der Waals surface area contributed by atoms with Crippen molar-refractivity contribution in [3.8, 4) is 0 Å². The highest BCUT2D eigenvalue weighted by molar-refractivity contribution is 6.30. The third kappa shape index (κ3) is 3.50. The maximum absolute atomic E-state index is 12.5. The van der Waals surface area contributed by atoms with Crippen LogP contribution in [0.1, 0.15) is 18.5 Å². The molecule has 0 radical (unpaired) electrons. The standard InChI is InChI=1S/C17H17Cl2N5O3/c1-9(10-4-6-11(18)7-5-10)20-12(25)8-24-13-14(21-16(24)19)22(2)17(27)23(3)15(13)26/h4-7,9H,8H2,1-3H3,(H,20,25)/t9-/m1/s1. The zero-order valence-electron chi connectivity index (χ0n) is 14.9. The molecule has 27 heavy (non-hydrogen) atoms. The van der Waals surface area contributed by atoms with Crippen LogP contribution in [0.25, 0.3) is 11.2 Å². The van der Waals surface area contributed by atoms with Gasteiger partial charge in [-0.2, -0.15) is 4.98 Å². The lowest BCUT2D eigenvalue weighted by atomic mass is 10.1. The first-order valence-corrected chi connectivity index (χ1v) is 8.83. The van der Waals surface area contributed by atoms with Crippen LogP contribution in [0.15, 0.2) is 33.9 Å². The van der Waals surface area contributed by atoms with Crippen molar-refractivity contribution < 1.29 is 4.79 Å². The predicted octanol–water partition coefficient (Wildman–Crippen LogP) is 1.62. The molecule has 0 saturated carbocycles. The van der Waals surface area contributed by atoms with E-state index in [9.17, 15) is 14.4 Å². The van der Waals surface area contributed by atoms with Gasteiger partial charge in [0, 0.05) is 19.1 Å². The smallest absolute Gasteiger partial charge is 0.332 e. The van der Waals surface area contributed by atoms with Gasteiger partial charge in [0.1, 0.15) is 6.54 Å². The summed E-state index contributed by atoms with van der Waals surface area (Å²) in [6.07, 6.45) is 0. The number of carbonyl (C=O) groups is 1. The molecule has 0 saturated heterocycles.